The Labute approximate surface area is 121 Å². The predicted molar refractivity (Wildman–Crippen MR) is 79.3 cm³/mol. The summed E-state index contributed by atoms with van der Waals surface area (Å²) in [6.07, 6.45) is 1.41. The monoisotopic (exact) mass is 279 g/mol. The lowest BCUT2D eigenvalue weighted by atomic mass is 10.1. The smallest absolute Gasteiger partial charge is 0.255 e. The molecule has 4 heteroatoms. The molecule has 0 aliphatic heterocycles. The van der Waals surface area contributed by atoms with E-state index in [0.717, 1.165) is 5.39 Å². The van der Waals surface area contributed by atoms with Crippen LogP contribution in [-0.4, -0.2) is 18.2 Å². The Bertz CT molecular complexity index is 790. The van der Waals surface area contributed by atoms with Crippen LogP contribution in [0.5, 0.6) is 0 Å². The maximum absolute atomic E-state index is 12.1. The van der Waals surface area contributed by atoms with Gasteiger partial charge in [0.2, 0.25) is 0 Å². The van der Waals surface area contributed by atoms with Crippen LogP contribution in [0.15, 0.2) is 65.3 Å². The average Bonchev–Trinajstić information content (AvgIpc) is 2.97. The van der Waals surface area contributed by atoms with Crippen molar-refractivity contribution in [3.8, 4) is 0 Å². The van der Waals surface area contributed by atoms with E-state index < -0.39 is 0 Å². The normalized spacial score (nSPS) is 10.5. The number of carbonyl (C=O) groups excluding carboxylic acids is 2. The van der Waals surface area contributed by atoms with E-state index in [4.69, 9.17) is 4.42 Å². The first-order valence-electron chi connectivity index (χ1n) is 6.58. The second kappa shape index (κ2) is 5.63. The lowest BCUT2D eigenvalue weighted by Crippen LogP contribution is -2.29. The van der Waals surface area contributed by atoms with Crippen molar-refractivity contribution in [2.24, 2.45) is 0 Å². The Hall–Kier alpha value is -2.88. The van der Waals surface area contributed by atoms with Gasteiger partial charge in [-0.05, 0) is 6.07 Å². The van der Waals surface area contributed by atoms with Crippen molar-refractivity contribution >= 4 is 22.7 Å². The van der Waals surface area contributed by atoms with Crippen molar-refractivity contribution in [2.75, 3.05) is 6.54 Å². The number of rotatable bonds is 4. The molecule has 3 aromatic rings. The number of benzene rings is 2. The number of Topliss-reactive ketones (excluding diaryl/α,β-unsaturated/α-hetero) is 1. The molecule has 1 heterocycles. The number of furan rings is 1. The lowest BCUT2D eigenvalue weighted by Gasteiger charge is -2.03. The van der Waals surface area contributed by atoms with Crippen LogP contribution in [0.1, 0.15) is 20.7 Å². The van der Waals surface area contributed by atoms with Gasteiger partial charge in [0.25, 0.3) is 5.91 Å². The molecule has 4 nitrogen and oxygen atoms in total. The Morgan fingerprint density at radius 2 is 1.67 bits per heavy atom. The number of carbonyl (C=O) groups is 2. The van der Waals surface area contributed by atoms with Crippen LogP contribution in [0.25, 0.3) is 11.0 Å². The first kappa shape index (κ1) is 13.1. The molecule has 1 aromatic heterocycles. The van der Waals surface area contributed by atoms with Crippen LogP contribution in [0.4, 0.5) is 0 Å². The minimum absolute atomic E-state index is 0.0393. The predicted octanol–water partition coefficient (Wildman–Crippen LogP) is 3.05. The van der Waals surface area contributed by atoms with Crippen LogP contribution in [-0.2, 0) is 0 Å². The topological polar surface area (TPSA) is 59.3 Å². The van der Waals surface area contributed by atoms with Gasteiger partial charge in [-0.3, -0.25) is 9.59 Å². The standard InChI is InChI=1S/C17H13NO3/c19-15(12-6-2-1-3-7-12)10-18-17(20)14-11-21-16-9-5-4-8-13(14)16/h1-9,11H,10H2,(H,18,20). The highest BCUT2D eigenvalue weighted by molar-refractivity contribution is 6.08. The number of nitrogens with one attached hydrogen (secondary N) is 1. The molecule has 0 unspecified atom stereocenters. The van der Waals surface area contributed by atoms with Crippen molar-refractivity contribution in [3.63, 3.8) is 0 Å². The molecule has 3 rings (SSSR count). The van der Waals surface area contributed by atoms with Gasteiger partial charge in [0, 0.05) is 10.9 Å². The third kappa shape index (κ3) is 2.69. The summed E-state index contributed by atoms with van der Waals surface area (Å²) in [5.74, 6) is -0.444. The second-order valence-electron chi connectivity index (χ2n) is 4.62. The largest absolute Gasteiger partial charge is 0.463 e. The van der Waals surface area contributed by atoms with E-state index in [1.54, 1.807) is 30.3 Å². The fraction of sp³-hybridized carbons (Fsp3) is 0.0588. The molecular formula is C17H13NO3. The lowest BCUT2D eigenvalue weighted by molar-refractivity contribution is 0.0904. The molecule has 21 heavy (non-hydrogen) atoms. The highest BCUT2D eigenvalue weighted by Crippen LogP contribution is 2.20. The van der Waals surface area contributed by atoms with Gasteiger partial charge in [-0.2, -0.15) is 0 Å². The molecule has 0 bridgehead atoms. The first-order chi connectivity index (χ1) is 10.3. The summed E-state index contributed by atoms with van der Waals surface area (Å²) in [4.78, 5) is 24.1. The molecule has 0 aliphatic carbocycles. The van der Waals surface area contributed by atoms with Gasteiger partial charge < -0.3 is 9.73 Å². The zero-order valence-electron chi connectivity index (χ0n) is 11.2. The van der Waals surface area contributed by atoms with E-state index >= 15 is 0 Å². The van der Waals surface area contributed by atoms with Gasteiger partial charge in [-0.25, -0.2) is 0 Å². The number of amides is 1. The van der Waals surface area contributed by atoms with Crippen molar-refractivity contribution in [1.82, 2.24) is 5.32 Å². The van der Waals surface area contributed by atoms with Gasteiger partial charge in [0.15, 0.2) is 5.78 Å². The van der Waals surface area contributed by atoms with Crippen LogP contribution >= 0.6 is 0 Å². The summed E-state index contributed by atoms with van der Waals surface area (Å²) in [5.41, 5.74) is 1.67. The molecule has 0 saturated heterocycles. The third-order valence-electron chi connectivity index (χ3n) is 3.23. The molecule has 0 atom stereocenters. The van der Waals surface area contributed by atoms with E-state index in [-0.39, 0.29) is 18.2 Å². The Morgan fingerprint density at radius 3 is 2.48 bits per heavy atom. The minimum atomic E-state index is -0.316. The second-order valence-corrected chi connectivity index (χ2v) is 4.62. The quantitative estimate of drug-likeness (QED) is 0.747. The van der Waals surface area contributed by atoms with Crippen LogP contribution < -0.4 is 5.32 Å². The SMILES string of the molecule is O=C(CNC(=O)c1coc2ccccc12)c1ccccc1. The van der Waals surface area contributed by atoms with Crippen LogP contribution in [0.2, 0.25) is 0 Å². The highest BCUT2D eigenvalue weighted by Gasteiger charge is 2.14. The van der Waals surface area contributed by atoms with Crippen molar-refractivity contribution < 1.29 is 14.0 Å². The van der Waals surface area contributed by atoms with Crippen molar-refractivity contribution in [2.45, 2.75) is 0 Å². The zero-order valence-corrected chi connectivity index (χ0v) is 11.2. The summed E-state index contributed by atoms with van der Waals surface area (Å²) in [6.45, 7) is -0.0393. The van der Waals surface area contributed by atoms with E-state index in [0.29, 0.717) is 16.7 Å². The minimum Gasteiger partial charge on any atom is -0.463 e. The summed E-state index contributed by atoms with van der Waals surface area (Å²) < 4.78 is 5.32. The number of fused-ring (bicyclic) bond motifs is 1. The molecular weight excluding hydrogens is 266 g/mol. The van der Waals surface area contributed by atoms with Crippen LogP contribution in [0.3, 0.4) is 0 Å². The van der Waals surface area contributed by atoms with E-state index in [1.165, 1.54) is 6.26 Å². The van der Waals surface area contributed by atoms with Gasteiger partial charge in [-0.1, -0.05) is 48.5 Å². The molecule has 104 valence electrons. The van der Waals surface area contributed by atoms with Gasteiger partial charge in [0.1, 0.15) is 11.8 Å². The number of para-hydroxylation sites is 1. The maximum atomic E-state index is 12.1. The van der Waals surface area contributed by atoms with Gasteiger partial charge in [-0.15, -0.1) is 0 Å². The molecule has 1 amide bonds. The van der Waals surface area contributed by atoms with Crippen molar-refractivity contribution in [3.05, 3.63) is 72.0 Å². The third-order valence-corrected chi connectivity index (χ3v) is 3.23. The van der Waals surface area contributed by atoms with Gasteiger partial charge in [0.05, 0.1) is 12.1 Å². The molecule has 1 N–H and O–H groups in total. The van der Waals surface area contributed by atoms with Gasteiger partial charge >= 0.3 is 0 Å². The van der Waals surface area contributed by atoms with Crippen molar-refractivity contribution in [1.29, 1.82) is 0 Å². The summed E-state index contributed by atoms with van der Waals surface area (Å²) in [5, 5.41) is 3.37. The maximum Gasteiger partial charge on any atom is 0.255 e. The fourth-order valence-electron chi connectivity index (χ4n) is 2.14. The number of ketones is 1. The molecule has 0 radical (unpaired) electrons. The van der Waals surface area contributed by atoms with Crippen LogP contribution in [0, 0.1) is 0 Å². The summed E-state index contributed by atoms with van der Waals surface area (Å²) in [6, 6.07) is 16.2. The Kier molecular flexibility index (Phi) is 3.51. The molecule has 0 saturated carbocycles. The number of hydrogen-bond acceptors (Lipinski definition) is 3. The van der Waals surface area contributed by atoms with E-state index in [2.05, 4.69) is 5.32 Å². The molecule has 0 spiro atoms. The molecule has 2 aromatic carbocycles. The summed E-state index contributed by atoms with van der Waals surface area (Å²) in [7, 11) is 0. The molecule has 0 aliphatic rings. The Morgan fingerprint density at radius 1 is 0.952 bits per heavy atom. The number of hydrogen-bond donors (Lipinski definition) is 1. The molecule has 0 fully saturated rings. The average molecular weight is 279 g/mol. The first-order valence-corrected chi connectivity index (χ1v) is 6.58. The summed E-state index contributed by atoms with van der Waals surface area (Å²) >= 11 is 0. The zero-order chi connectivity index (χ0) is 14.7. The van der Waals surface area contributed by atoms with E-state index in [9.17, 15) is 9.59 Å². The van der Waals surface area contributed by atoms with E-state index in [1.807, 2.05) is 24.3 Å². The Balaban J connectivity index is 1.71. The fourth-order valence-corrected chi connectivity index (χ4v) is 2.14. The highest BCUT2D eigenvalue weighted by atomic mass is 16.3.